The number of nitrogens with one attached hydrogen (secondary N) is 1. The van der Waals surface area contributed by atoms with Gasteiger partial charge in [-0.15, -0.1) is 12.4 Å². The third-order valence-corrected chi connectivity index (χ3v) is 4.67. The van der Waals surface area contributed by atoms with Crippen LogP contribution in [0.4, 0.5) is 5.69 Å². The maximum Gasteiger partial charge on any atom is 0.260 e. The number of anilines is 1. The van der Waals surface area contributed by atoms with Crippen molar-refractivity contribution in [1.29, 1.82) is 0 Å². The Kier molecular flexibility index (Phi) is 5.07. The predicted octanol–water partition coefficient (Wildman–Crippen LogP) is 3.77. The molecule has 4 nitrogen and oxygen atoms in total. The number of carbonyl (C=O) groups excluding carboxylic acids is 1. The molecule has 1 aromatic heterocycles. The number of hydrogen-bond acceptors (Lipinski definition) is 2. The molecular weight excluding hydrogens is 322 g/mol. The van der Waals surface area contributed by atoms with E-state index in [9.17, 15) is 4.79 Å². The quantitative estimate of drug-likeness (QED) is 0.862. The number of para-hydroxylation sites is 1. The van der Waals surface area contributed by atoms with Gasteiger partial charge in [0, 0.05) is 17.5 Å². The first-order chi connectivity index (χ1) is 11.3. The monoisotopic (exact) mass is 343 g/mol. The first-order valence-corrected chi connectivity index (χ1v) is 8.31. The minimum absolute atomic E-state index is 0. The van der Waals surface area contributed by atoms with Gasteiger partial charge >= 0.3 is 0 Å². The highest BCUT2D eigenvalue weighted by atomic mass is 35.5. The van der Waals surface area contributed by atoms with E-state index in [4.69, 9.17) is 0 Å². The SMILES string of the molecule is Cl.O=C1/C(=C\c2ccc[nH]2)c2ccccc2N1CN1CCCCC1. The molecule has 5 heteroatoms. The first kappa shape index (κ1) is 16.8. The molecule has 2 aromatic rings. The Morgan fingerprint density at radius 2 is 1.83 bits per heavy atom. The average molecular weight is 344 g/mol. The lowest BCUT2D eigenvalue weighted by molar-refractivity contribution is -0.113. The van der Waals surface area contributed by atoms with Crippen LogP contribution in [0.15, 0.2) is 42.6 Å². The summed E-state index contributed by atoms with van der Waals surface area (Å²) >= 11 is 0. The molecule has 0 radical (unpaired) electrons. The fourth-order valence-corrected chi connectivity index (χ4v) is 3.48. The number of piperidine rings is 1. The largest absolute Gasteiger partial charge is 0.362 e. The van der Waals surface area contributed by atoms with E-state index in [-0.39, 0.29) is 18.3 Å². The summed E-state index contributed by atoms with van der Waals surface area (Å²) in [6.07, 6.45) is 7.60. The van der Waals surface area contributed by atoms with Crippen LogP contribution in [0, 0.1) is 0 Å². The molecule has 1 saturated heterocycles. The summed E-state index contributed by atoms with van der Waals surface area (Å²) < 4.78 is 0. The van der Waals surface area contributed by atoms with Gasteiger partial charge < -0.3 is 4.98 Å². The van der Waals surface area contributed by atoms with Gasteiger partial charge in [0.15, 0.2) is 0 Å². The summed E-state index contributed by atoms with van der Waals surface area (Å²) in [6.45, 7) is 2.86. The molecule has 0 spiro atoms. The van der Waals surface area contributed by atoms with E-state index in [1.807, 2.05) is 53.6 Å². The number of aromatic amines is 1. The lowest BCUT2D eigenvalue weighted by Crippen LogP contribution is -2.42. The number of nitrogens with zero attached hydrogens (tertiary/aromatic N) is 2. The standard InChI is InChI=1S/C19H21N3O.ClH/c23-19-17(13-15-7-6-10-20-15)16-8-2-3-9-18(16)22(19)14-21-11-4-1-5-12-21;/h2-3,6-10,13,20H,1,4-5,11-12,14H2;1H/b17-13-;. The van der Waals surface area contributed by atoms with Crippen LogP contribution in [0.3, 0.4) is 0 Å². The molecule has 2 aliphatic heterocycles. The number of fused-ring (bicyclic) bond motifs is 1. The van der Waals surface area contributed by atoms with E-state index >= 15 is 0 Å². The molecule has 1 fully saturated rings. The van der Waals surface area contributed by atoms with Crippen LogP contribution in [0.25, 0.3) is 11.6 Å². The van der Waals surface area contributed by atoms with Gasteiger partial charge in [0.25, 0.3) is 5.91 Å². The third-order valence-electron chi connectivity index (χ3n) is 4.67. The van der Waals surface area contributed by atoms with Crippen LogP contribution >= 0.6 is 12.4 Å². The first-order valence-electron chi connectivity index (χ1n) is 8.31. The average Bonchev–Trinajstić information content (AvgIpc) is 3.19. The van der Waals surface area contributed by atoms with Crippen molar-refractivity contribution >= 4 is 35.7 Å². The molecule has 2 aliphatic rings. The van der Waals surface area contributed by atoms with Crippen molar-refractivity contribution in [3.63, 3.8) is 0 Å². The summed E-state index contributed by atoms with van der Waals surface area (Å²) in [5.74, 6) is 0.103. The van der Waals surface area contributed by atoms with Gasteiger partial charge in [-0.2, -0.15) is 0 Å². The second kappa shape index (κ2) is 7.24. The number of halogens is 1. The number of benzene rings is 1. The normalized spacial score (nSPS) is 19.4. The Morgan fingerprint density at radius 3 is 2.58 bits per heavy atom. The predicted molar refractivity (Wildman–Crippen MR) is 100 cm³/mol. The zero-order valence-electron chi connectivity index (χ0n) is 13.6. The van der Waals surface area contributed by atoms with Crippen molar-refractivity contribution in [2.24, 2.45) is 0 Å². The minimum atomic E-state index is 0. The van der Waals surface area contributed by atoms with Gasteiger partial charge in [0.1, 0.15) is 0 Å². The number of likely N-dealkylation sites (tertiary alicyclic amines) is 1. The molecule has 126 valence electrons. The van der Waals surface area contributed by atoms with Crippen LogP contribution in [-0.2, 0) is 4.79 Å². The van der Waals surface area contributed by atoms with E-state index in [1.165, 1.54) is 19.3 Å². The number of aromatic nitrogens is 1. The molecule has 0 aliphatic carbocycles. The minimum Gasteiger partial charge on any atom is -0.362 e. The van der Waals surface area contributed by atoms with Crippen LogP contribution in [0.1, 0.15) is 30.5 Å². The number of amides is 1. The van der Waals surface area contributed by atoms with Crippen molar-refractivity contribution in [1.82, 2.24) is 9.88 Å². The highest BCUT2D eigenvalue weighted by Crippen LogP contribution is 2.37. The summed E-state index contributed by atoms with van der Waals surface area (Å²) in [5, 5.41) is 0. The zero-order chi connectivity index (χ0) is 15.6. The number of carbonyl (C=O) groups is 1. The molecule has 0 atom stereocenters. The van der Waals surface area contributed by atoms with Crippen LogP contribution in [0.2, 0.25) is 0 Å². The molecule has 24 heavy (non-hydrogen) atoms. The van der Waals surface area contributed by atoms with Gasteiger partial charge in [-0.3, -0.25) is 14.6 Å². The molecule has 1 amide bonds. The van der Waals surface area contributed by atoms with Crippen molar-refractivity contribution in [3.05, 3.63) is 53.9 Å². The third kappa shape index (κ3) is 3.12. The highest BCUT2D eigenvalue weighted by molar-refractivity contribution is 6.35. The molecule has 0 bridgehead atoms. The zero-order valence-corrected chi connectivity index (χ0v) is 14.4. The van der Waals surface area contributed by atoms with Crippen molar-refractivity contribution in [2.45, 2.75) is 19.3 Å². The van der Waals surface area contributed by atoms with E-state index in [1.54, 1.807) is 0 Å². The van der Waals surface area contributed by atoms with Crippen molar-refractivity contribution in [2.75, 3.05) is 24.7 Å². The number of rotatable bonds is 3. The number of H-pyrrole nitrogens is 1. The second-order valence-corrected chi connectivity index (χ2v) is 6.25. The maximum atomic E-state index is 13.0. The summed E-state index contributed by atoms with van der Waals surface area (Å²) in [6, 6.07) is 12.0. The van der Waals surface area contributed by atoms with E-state index in [2.05, 4.69) is 9.88 Å². The highest BCUT2D eigenvalue weighted by Gasteiger charge is 2.33. The van der Waals surface area contributed by atoms with Gasteiger partial charge in [-0.05, 0) is 50.2 Å². The van der Waals surface area contributed by atoms with E-state index < -0.39 is 0 Å². The molecular formula is C19H22ClN3O. The smallest absolute Gasteiger partial charge is 0.260 e. The van der Waals surface area contributed by atoms with Gasteiger partial charge in [-0.25, -0.2) is 0 Å². The van der Waals surface area contributed by atoms with Gasteiger partial charge in [0.2, 0.25) is 0 Å². The van der Waals surface area contributed by atoms with Crippen LogP contribution in [0.5, 0.6) is 0 Å². The summed E-state index contributed by atoms with van der Waals surface area (Å²) in [5.41, 5.74) is 3.80. The summed E-state index contributed by atoms with van der Waals surface area (Å²) in [7, 11) is 0. The van der Waals surface area contributed by atoms with Gasteiger partial charge in [-0.1, -0.05) is 24.6 Å². The van der Waals surface area contributed by atoms with Gasteiger partial charge in [0.05, 0.1) is 17.9 Å². The summed E-state index contributed by atoms with van der Waals surface area (Å²) in [4.78, 5) is 20.4. The molecule has 4 rings (SSSR count). The number of hydrogen-bond donors (Lipinski definition) is 1. The maximum absolute atomic E-state index is 13.0. The Labute approximate surface area is 148 Å². The lowest BCUT2D eigenvalue weighted by atomic mass is 10.1. The Balaban J connectivity index is 0.00000169. The van der Waals surface area contributed by atoms with E-state index in [0.29, 0.717) is 6.67 Å². The molecule has 1 N–H and O–H groups in total. The Hall–Kier alpha value is -2.04. The van der Waals surface area contributed by atoms with Crippen molar-refractivity contribution < 1.29 is 4.79 Å². The van der Waals surface area contributed by atoms with Crippen molar-refractivity contribution in [3.8, 4) is 0 Å². The lowest BCUT2D eigenvalue weighted by Gasteiger charge is -2.30. The Morgan fingerprint density at radius 1 is 1.04 bits per heavy atom. The molecule has 1 aromatic carbocycles. The van der Waals surface area contributed by atoms with Crippen LogP contribution < -0.4 is 4.90 Å². The fraction of sp³-hybridized carbons (Fsp3) is 0.316. The topological polar surface area (TPSA) is 39.3 Å². The van der Waals surface area contributed by atoms with E-state index in [0.717, 1.165) is 35.6 Å². The Bertz CT molecular complexity index is 733. The molecule has 0 unspecified atom stereocenters. The second-order valence-electron chi connectivity index (χ2n) is 6.25. The van der Waals surface area contributed by atoms with Crippen LogP contribution in [-0.4, -0.2) is 35.5 Å². The molecule has 0 saturated carbocycles. The molecule has 3 heterocycles. The fourth-order valence-electron chi connectivity index (χ4n) is 3.48.